The smallest absolute Gasteiger partial charge is 0.263 e. The molecule has 0 bridgehead atoms. The van der Waals surface area contributed by atoms with Crippen LogP contribution >= 0.6 is 0 Å². The molecule has 0 unspecified atom stereocenters. The quantitative estimate of drug-likeness (QED) is 0.426. The first kappa shape index (κ1) is 21.8. The highest BCUT2D eigenvalue weighted by atomic mass is 19.1. The van der Waals surface area contributed by atoms with Crippen LogP contribution in [0.4, 0.5) is 10.2 Å². The molecule has 0 fully saturated rings. The third-order valence-corrected chi connectivity index (χ3v) is 4.99. The molecule has 0 saturated carbocycles. The molecular formula is C26H21FN4O2. The fourth-order valence-electron chi connectivity index (χ4n) is 3.34. The second kappa shape index (κ2) is 10.2. The predicted octanol–water partition coefficient (Wildman–Crippen LogP) is 4.82. The maximum Gasteiger partial charge on any atom is 0.263 e. The number of halogens is 1. The van der Waals surface area contributed by atoms with Gasteiger partial charge in [-0.25, -0.2) is 9.37 Å². The highest BCUT2D eigenvalue weighted by molar-refractivity contribution is 5.94. The summed E-state index contributed by atoms with van der Waals surface area (Å²) in [4.78, 5) is 17.2. The van der Waals surface area contributed by atoms with Gasteiger partial charge in [-0.3, -0.25) is 4.79 Å². The summed E-state index contributed by atoms with van der Waals surface area (Å²) in [5.74, 6) is 0.336. The van der Waals surface area contributed by atoms with Crippen LogP contribution in [0.5, 0.6) is 5.75 Å². The second-order valence-corrected chi connectivity index (χ2v) is 7.38. The van der Waals surface area contributed by atoms with Crippen LogP contribution < -0.4 is 10.1 Å². The van der Waals surface area contributed by atoms with Gasteiger partial charge in [0, 0.05) is 5.56 Å². The Morgan fingerprint density at radius 3 is 2.42 bits per heavy atom. The molecule has 4 rings (SSSR count). The van der Waals surface area contributed by atoms with Crippen molar-refractivity contribution >= 4 is 11.7 Å². The molecule has 1 amide bonds. The van der Waals surface area contributed by atoms with Crippen LogP contribution in [0.15, 0.2) is 85.2 Å². The summed E-state index contributed by atoms with van der Waals surface area (Å²) in [7, 11) is 0. The Balaban J connectivity index is 1.52. The lowest BCUT2D eigenvalue weighted by Crippen LogP contribution is -2.22. The molecule has 0 aliphatic heterocycles. The van der Waals surface area contributed by atoms with Gasteiger partial charge in [-0.1, -0.05) is 42.5 Å². The number of carbonyl (C=O) groups is 1. The Hall–Kier alpha value is -4.44. The number of nitriles is 1. The van der Waals surface area contributed by atoms with Gasteiger partial charge in [0.2, 0.25) is 0 Å². The van der Waals surface area contributed by atoms with Crippen LogP contribution in [-0.4, -0.2) is 22.1 Å². The molecule has 1 aromatic heterocycles. The van der Waals surface area contributed by atoms with Crippen LogP contribution in [0, 0.1) is 17.1 Å². The van der Waals surface area contributed by atoms with E-state index in [4.69, 9.17) is 10.00 Å². The topological polar surface area (TPSA) is 79.9 Å². The molecule has 0 atom stereocenters. The highest BCUT2D eigenvalue weighted by Gasteiger charge is 2.16. The van der Waals surface area contributed by atoms with E-state index < -0.39 is 0 Å². The molecule has 0 saturated heterocycles. The molecule has 1 N–H and O–H groups in total. The number of nitrogens with zero attached hydrogens (tertiary/aromatic N) is 3. The van der Waals surface area contributed by atoms with E-state index in [0.29, 0.717) is 35.8 Å². The molecule has 1 heterocycles. The highest BCUT2D eigenvalue weighted by Crippen LogP contribution is 2.28. The summed E-state index contributed by atoms with van der Waals surface area (Å²) in [5.41, 5.74) is 3.15. The first-order chi connectivity index (χ1) is 16.1. The number of benzene rings is 3. The van der Waals surface area contributed by atoms with Crippen molar-refractivity contribution in [1.82, 2.24) is 9.55 Å². The van der Waals surface area contributed by atoms with Crippen LogP contribution in [0.2, 0.25) is 0 Å². The zero-order valence-electron chi connectivity index (χ0n) is 17.7. The molecule has 0 aliphatic carbocycles. The van der Waals surface area contributed by atoms with Gasteiger partial charge in [0.1, 0.15) is 23.1 Å². The van der Waals surface area contributed by atoms with E-state index in [1.165, 1.54) is 12.1 Å². The number of rotatable bonds is 8. The zero-order chi connectivity index (χ0) is 23.0. The van der Waals surface area contributed by atoms with E-state index in [2.05, 4.69) is 16.4 Å². The summed E-state index contributed by atoms with van der Waals surface area (Å²) in [6.45, 7) is 0.308. The van der Waals surface area contributed by atoms with Gasteiger partial charge in [0.15, 0.2) is 6.61 Å². The number of nitrogens with one attached hydrogen (secondary N) is 1. The monoisotopic (exact) mass is 440 g/mol. The molecule has 0 aliphatic rings. The van der Waals surface area contributed by atoms with Gasteiger partial charge in [0.05, 0.1) is 25.4 Å². The molecule has 4 aromatic rings. The Labute approximate surface area is 190 Å². The van der Waals surface area contributed by atoms with Crippen LogP contribution in [-0.2, 0) is 17.8 Å². The molecule has 164 valence electrons. The number of ether oxygens (including phenoxy) is 1. The second-order valence-electron chi connectivity index (χ2n) is 7.38. The molecular weight excluding hydrogens is 419 g/mol. The van der Waals surface area contributed by atoms with Gasteiger partial charge < -0.3 is 14.6 Å². The third kappa shape index (κ3) is 5.63. The van der Waals surface area contributed by atoms with Gasteiger partial charge in [-0.2, -0.15) is 5.26 Å². The van der Waals surface area contributed by atoms with Gasteiger partial charge in [-0.15, -0.1) is 0 Å². The number of amides is 1. The average molecular weight is 440 g/mol. The summed E-state index contributed by atoms with van der Waals surface area (Å²) >= 11 is 0. The molecule has 7 heteroatoms. The zero-order valence-corrected chi connectivity index (χ0v) is 17.7. The Bertz CT molecular complexity index is 1260. The van der Waals surface area contributed by atoms with E-state index in [9.17, 15) is 9.18 Å². The largest absolute Gasteiger partial charge is 0.484 e. The van der Waals surface area contributed by atoms with Gasteiger partial charge in [-0.05, 0) is 47.5 Å². The predicted molar refractivity (Wildman–Crippen MR) is 123 cm³/mol. The molecule has 0 spiro atoms. The minimum absolute atomic E-state index is 0.197. The normalized spacial score (nSPS) is 10.4. The van der Waals surface area contributed by atoms with Gasteiger partial charge >= 0.3 is 0 Å². The van der Waals surface area contributed by atoms with Crippen molar-refractivity contribution in [3.63, 3.8) is 0 Å². The Kier molecular flexibility index (Phi) is 6.76. The molecule has 33 heavy (non-hydrogen) atoms. The maximum atomic E-state index is 13.4. The van der Waals surface area contributed by atoms with E-state index in [-0.39, 0.29) is 18.3 Å². The molecule has 6 nitrogen and oxygen atoms in total. The van der Waals surface area contributed by atoms with Crippen molar-refractivity contribution in [1.29, 1.82) is 5.26 Å². The lowest BCUT2D eigenvalue weighted by atomic mass is 10.1. The van der Waals surface area contributed by atoms with E-state index >= 15 is 0 Å². The SMILES string of the molecule is N#CCc1ccc(OCC(=O)Nc2c(-c3ccc(F)cc3)ncn2Cc2ccccc2)cc1. The summed E-state index contributed by atoms with van der Waals surface area (Å²) < 4.78 is 20.8. The van der Waals surface area contributed by atoms with Crippen molar-refractivity contribution < 1.29 is 13.9 Å². The number of hydrogen-bond acceptors (Lipinski definition) is 4. The summed E-state index contributed by atoms with van der Waals surface area (Å²) in [5, 5.41) is 11.7. The van der Waals surface area contributed by atoms with Crippen molar-refractivity contribution in [3.05, 3.63) is 102 Å². The third-order valence-electron chi connectivity index (χ3n) is 4.99. The van der Waals surface area contributed by atoms with E-state index in [1.54, 1.807) is 42.7 Å². The van der Waals surface area contributed by atoms with Crippen molar-refractivity contribution in [2.75, 3.05) is 11.9 Å². The number of carbonyl (C=O) groups excluding carboxylic acids is 1. The fraction of sp³-hybridized carbons (Fsp3) is 0.115. The number of imidazole rings is 1. The Morgan fingerprint density at radius 1 is 1.00 bits per heavy atom. The van der Waals surface area contributed by atoms with Crippen molar-refractivity contribution in [2.24, 2.45) is 0 Å². The Morgan fingerprint density at radius 2 is 1.73 bits per heavy atom. The minimum Gasteiger partial charge on any atom is -0.484 e. The lowest BCUT2D eigenvalue weighted by Gasteiger charge is -2.13. The average Bonchev–Trinajstić information content (AvgIpc) is 3.22. The van der Waals surface area contributed by atoms with Crippen LogP contribution in [0.3, 0.4) is 0 Å². The lowest BCUT2D eigenvalue weighted by molar-refractivity contribution is -0.118. The first-order valence-electron chi connectivity index (χ1n) is 10.4. The molecule has 3 aromatic carbocycles. The van der Waals surface area contributed by atoms with E-state index in [0.717, 1.165) is 11.1 Å². The first-order valence-corrected chi connectivity index (χ1v) is 10.4. The standard InChI is InChI=1S/C26H21FN4O2/c27-22-10-8-21(9-11-22)25-26(31(18-29-25)16-20-4-2-1-3-5-20)30-24(32)17-33-23-12-6-19(7-13-23)14-15-28/h1-13,18H,14,16-17H2,(H,30,32). The number of aromatic nitrogens is 2. The van der Waals surface area contributed by atoms with Crippen molar-refractivity contribution in [2.45, 2.75) is 13.0 Å². The van der Waals surface area contributed by atoms with Crippen LogP contribution in [0.1, 0.15) is 11.1 Å². The van der Waals surface area contributed by atoms with Gasteiger partial charge in [0.25, 0.3) is 5.91 Å². The summed E-state index contributed by atoms with van der Waals surface area (Å²) in [6, 6.07) is 24.9. The fourth-order valence-corrected chi connectivity index (χ4v) is 3.34. The maximum absolute atomic E-state index is 13.4. The molecule has 0 radical (unpaired) electrons. The van der Waals surface area contributed by atoms with Crippen LogP contribution in [0.25, 0.3) is 11.3 Å². The van der Waals surface area contributed by atoms with E-state index in [1.807, 2.05) is 34.9 Å². The number of anilines is 1. The summed E-state index contributed by atoms with van der Waals surface area (Å²) in [6.07, 6.45) is 1.97. The minimum atomic E-state index is -0.353. The van der Waals surface area contributed by atoms with Crippen molar-refractivity contribution in [3.8, 4) is 23.1 Å². The number of hydrogen-bond donors (Lipinski definition) is 1.